The highest BCUT2D eigenvalue weighted by Crippen LogP contribution is 2.22. The molecule has 0 fully saturated rings. The summed E-state index contributed by atoms with van der Waals surface area (Å²) in [6, 6.07) is 24.9. The van der Waals surface area contributed by atoms with Crippen molar-refractivity contribution in [3.05, 3.63) is 100 Å². The van der Waals surface area contributed by atoms with Gasteiger partial charge in [0.1, 0.15) is 0 Å². The lowest BCUT2D eigenvalue weighted by atomic mass is 10.0. The first-order chi connectivity index (χ1) is 14.1. The van der Waals surface area contributed by atoms with Crippen LogP contribution in [0.2, 0.25) is 0 Å². The molecule has 0 aliphatic carbocycles. The largest absolute Gasteiger partial charge is 0.322 e. The summed E-state index contributed by atoms with van der Waals surface area (Å²) < 4.78 is 0. The van der Waals surface area contributed by atoms with Crippen molar-refractivity contribution in [1.29, 1.82) is 0 Å². The fourth-order valence-electron chi connectivity index (χ4n) is 3.53. The molecule has 1 aromatic heterocycles. The van der Waals surface area contributed by atoms with Crippen molar-refractivity contribution < 1.29 is 4.79 Å². The third kappa shape index (κ3) is 4.11. The molecule has 29 heavy (non-hydrogen) atoms. The first-order valence-corrected chi connectivity index (χ1v) is 9.77. The molecule has 0 saturated carbocycles. The van der Waals surface area contributed by atoms with Gasteiger partial charge in [-0.1, -0.05) is 61.9 Å². The third-order valence-corrected chi connectivity index (χ3v) is 4.96. The topological polar surface area (TPSA) is 62.0 Å². The minimum Gasteiger partial charge on any atom is -0.322 e. The number of hydrogen-bond donors (Lipinski definition) is 2. The molecule has 4 aromatic rings. The first-order valence-electron chi connectivity index (χ1n) is 9.77. The zero-order valence-corrected chi connectivity index (χ0v) is 16.2. The van der Waals surface area contributed by atoms with Crippen LogP contribution >= 0.6 is 0 Å². The van der Waals surface area contributed by atoms with E-state index < -0.39 is 0 Å². The molecule has 0 radical (unpaired) electrons. The molecule has 4 heteroatoms. The summed E-state index contributed by atoms with van der Waals surface area (Å²) in [4.78, 5) is 27.5. The highest BCUT2D eigenvalue weighted by molar-refractivity contribution is 6.05. The lowest BCUT2D eigenvalue weighted by Gasteiger charge is -2.09. The van der Waals surface area contributed by atoms with E-state index in [2.05, 4.69) is 17.2 Å². The first kappa shape index (κ1) is 18.7. The standard InChI is InChI=1S/C25H22N2O2/c1-2-6-20-15-24(28)27-23-16-21(13-14-22(20)23)26-25(29)19-11-9-18(10-12-19)17-7-4-3-5-8-17/h3-5,7-16H,2,6H2,1H3,(H,26,29)(H,27,28). The van der Waals surface area contributed by atoms with Gasteiger partial charge in [-0.25, -0.2) is 0 Å². The second-order valence-corrected chi connectivity index (χ2v) is 7.07. The van der Waals surface area contributed by atoms with Crippen LogP contribution in [0.3, 0.4) is 0 Å². The van der Waals surface area contributed by atoms with Crippen LogP contribution in [0.1, 0.15) is 29.3 Å². The lowest BCUT2D eigenvalue weighted by Crippen LogP contribution is -2.12. The predicted octanol–water partition coefficient (Wildman–Crippen LogP) is 5.40. The maximum absolute atomic E-state index is 12.7. The summed E-state index contributed by atoms with van der Waals surface area (Å²) in [7, 11) is 0. The number of pyridine rings is 1. The van der Waals surface area contributed by atoms with E-state index in [-0.39, 0.29) is 11.5 Å². The quantitative estimate of drug-likeness (QED) is 0.485. The number of benzene rings is 3. The van der Waals surface area contributed by atoms with Crippen LogP contribution in [-0.2, 0) is 6.42 Å². The maximum atomic E-state index is 12.7. The number of rotatable bonds is 5. The highest BCUT2D eigenvalue weighted by Gasteiger charge is 2.09. The van der Waals surface area contributed by atoms with Gasteiger partial charge in [-0.05, 0) is 47.4 Å². The van der Waals surface area contributed by atoms with Gasteiger partial charge in [0.25, 0.3) is 5.91 Å². The SMILES string of the molecule is CCCc1cc(=O)[nH]c2cc(NC(=O)c3ccc(-c4ccccc4)cc3)ccc12. The number of carbonyl (C=O) groups excluding carboxylic acids is 1. The second-order valence-electron chi connectivity index (χ2n) is 7.07. The number of amides is 1. The third-order valence-electron chi connectivity index (χ3n) is 4.96. The Morgan fingerprint density at radius 3 is 2.34 bits per heavy atom. The van der Waals surface area contributed by atoms with Crippen molar-refractivity contribution in [1.82, 2.24) is 4.98 Å². The highest BCUT2D eigenvalue weighted by atomic mass is 16.1. The summed E-state index contributed by atoms with van der Waals surface area (Å²) >= 11 is 0. The fraction of sp³-hybridized carbons (Fsp3) is 0.120. The van der Waals surface area contributed by atoms with Crippen LogP contribution in [0.25, 0.3) is 22.0 Å². The number of aryl methyl sites for hydroxylation is 1. The Morgan fingerprint density at radius 2 is 1.62 bits per heavy atom. The smallest absolute Gasteiger partial charge is 0.255 e. The summed E-state index contributed by atoms with van der Waals surface area (Å²) in [5, 5.41) is 3.93. The Bertz CT molecular complexity index is 1210. The van der Waals surface area contributed by atoms with Crippen molar-refractivity contribution in [2.45, 2.75) is 19.8 Å². The summed E-state index contributed by atoms with van der Waals surface area (Å²) in [5.41, 5.74) is 5.05. The maximum Gasteiger partial charge on any atom is 0.255 e. The van der Waals surface area contributed by atoms with Crippen molar-refractivity contribution in [3.63, 3.8) is 0 Å². The van der Waals surface area contributed by atoms with Gasteiger partial charge in [-0.3, -0.25) is 9.59 Å². The molecule has 1 amide bonds. The molecule has 1 heterocycles. The minimum atomic E-state index is -0.184. The average Bonchev–Trinajstić information content (AvgIpc) is 2.74. The van der Waals surface area contributed by atoms with Crippen LogP contribution in [0.15, 0.2) is 83.7 Å². The number of nitrogens with one attached hydrogen (secondary N) is 2. The number of aromatic amines is 1. The zero-order chi connectivity index (χ0) is 20.2. The molecule has 144 valence electrons. The Balaban J connectivity index is 1.56. The number of aromatic nitrogens is 1. The monoisotopic (exact) mass is 382 g/mol. The number of H-pyrrole nitrogens is 1. The van der Waals surface area contributed by atoms with Crippen LogP contribution in [-0.4, -0.2) is 10.9 Å². The van der Waals surface area contributed by atoms with Crippen LogP contribution in [0.4, 0.5) is 5.69 Å². The average molecular weight is 382 g/mol. The van der Waals surface area contributed by atoms with Gasteiger partial charge >= 0.3 is 0 Å². The molecule has 3 aromatic carbocycles. The molecule has 0 unspecified atom stereocenters. The van der Waals surface area contributed by atoms with E-state index in [1.54, 1.807) is 6.07 Å². The summed E-state index contributed by atoms with van der Waals surface area (Å²) in [5.74, 6) is -0.184. The van der Waals surface area contributed by atoms with E-state index in [1.165, 1.54) is 0 Å². The molecule has 0 saturated heterocycles. The summed E-state index contributed by atoms with van der Waals surface area (Å²) in [6.45, 7) is 2.09. The molecule has 0 aliphatic heterocycles. The molecule has 0 aliphatic rings. The van der Waals surface area contributed by atoms with Crippen molar-refractivity contribution in [2.75, 3.05) is 5.32 Å². The van der Waals surface area contributed by atoms with Gasteiger partial charge in [-0.15, -0.1) is 0 Å². The number of hydrogen-bond acceptors (Lipinski definition) is 2. The van der Waals surface area contributed by atoms with E-state index in [1.807, 2.05) is 72.8 Å². The van der Waals surface area contributed by atoms with Gasteiger partial charge in [0.2, 0.25) is 5.56 Å². The van der Waals surface area contributed by atoms with Crippen LogP contribution < -0.4 is 10.9 Å². The Labute approximate surface area is 169 Å². The van der Waals surface area contributed by atoms with E-state index in [0.29, 0.717) is 11.3 Å². The van der Waals surface area contributed by atoms with Gasteiger partial charge in [0.05, 0.1) is 5.52 Å². The molecule has 4 rings (SSSR count). The molecule has 2 N–H and O–H groups in total. The van der Waals surface area contributed by atoms with E-state index in [0.717, 1.165) is 40.4 Å². The Hall–Kier alpha value is -3.66. The van der Waals surface area contributed by atoms with Crippen molar-refractivity contribution >= 4 is 22.5 Å². The van der Waals surface area contributed by atoms with Gasteiger partial charge in [0, 0.05) is 22.7 Å². The molecule has 0 atom stereocenters. The van der Waals surface area contributed by atoms with E-state index in [9.17, 15) is 9.59 Å². The van der Waals surface area contributed by atoms with Gasteiger partial charge in [0.15, 0.2) is 0 Å². The molecular formula is C25H22N2O2. The number of carbonyl (C=O) groups is 1. The number of fused-ring (bicyclic) bond motifs is 1. The van der Waals surface area contributed by atoms with Gasteiger partial charge < -0.3 is 10.3 Å². The second kappa shape index (κ2) is 8.15. The minimum absolute atomic E-state index is 0.124. The van der Waals surface area contributed by atoms with Crippen LogP contribution in [0.5, 0.6) is 0 Å². The fourth-order valence-corrected chi connectivity index (χ4v) is 3.53. The van der Waals surface area contributed by atoms with E-state index >= 15 is 0 Å². The molecule has 0 bridgehead atoms. The predicted molar refractivity (Wildman–Crippen MR) is 118 cm³/mol. The van der Waals surface area contributed by atoms with Crippen LogP contribution in [0, 0.1) is 0 Å². The lowest BCUT2D eigenvalue weighted by molar-refractivity contribution is 0.102. The Kier molecular flexibility index (Phi) is 5.25. The normalized spacial score (nSPS) is 10.8. The molecular weight excluding hydrogens is 360 g/mol. The molecule has 4 nitrogen and oxygen atoms in total. The van der Waals surface area contributed by atoms with Crippen molar-refractivity contribution in [2.24, 2.45) is 0 Å². The summed E-state index contributed by atoms with van der Waals surface area (Å²) in [6.07, 6.45) is 1.82. The molecule has 0 spiro atoms. The van der Waals surface area contributed by atoms with Crippen molar-refractivity contribution in [3.8, 4) is 11.1 Å². The zero-order valence-electron chi connectivity index (χ0n) is 16.2. The Morgan fingerprint density at radius 1 is 0.897 bits per heavy atom. The number of anilines is 1. The van der Waals surface area contributed by atoms with E-state index in [4.69, 9.17) is 0 Å². The van der Waals surface area contributed by atoms with Gasteiger partial charge in [-0.2, -0.15) is 0 Å².